The second-order valence-electron chi connectivity index (χ2n) is 3.46. The molecule has 0 spiro atoms. The van der Waals surface area contributed by atoms with Gasteiger partial charge in [-0.25, -0.2) is 0 Å². The van der Waals surface area contributed by atoms with Crippen LogP contribution in [0.25, 0.3) is 0 Å². The standard InChI is InChI=1S/C15H21NO/c1-6-9-10-15(16)14(8-3)13(7-2)11-12(4)17-5/h6,8-11,16H,1,3,7H2,2,4-5H3/b10-9-,12-11+,14-13+,16-15?. The first-order valence-corrected chi connectivity index (χ1v) is 5.56. The molecule has 0 bridgehead atoms. The molecule has 0 rings (SSSR count). The van der Waals surface area contributed by atoms with Gasteiger partial charge in [-0.15, -0.1) is 0 Å². The summed E-state index contributed by atoms with van der Waals surface area (Å²) in [4.78, 5) is 0. The van der Waals surface area contributed by atoms with E-state index in [1.807, 2.05) is 19.9 Å². The fourth-order valence-corrected chi connectivity index (χ4v) is 1.34. The highest BCUT2D eigenvalue weighted by molar-refractivity contribution is 6.09. The number of ether oxygens (including phenoxy) is 1. The molecule has 0 heterocycles. The molecule has 0 radical (unpaired) electrons. The van der Waals surface area contributed by atoms with E-state index in [2.05, 4.69) is 13.2 Å². The van der Waals surface area contributed by atoms with Crippen molar-refractivity contribution in [3.8, 4) is 0 Å². The number of allylic oxidation sites excluding steroid dienone is 8. The third-order valence-corrected chi connectivity index (χ3v) is 2.32. The van der Waals surface area contributed by atoms with Crippen LogP contribution in [-0.2, 0) is 4.74 Å². The second-order valence-corrected chi connectivity index (χ2v) is 3.46. The zero-order chi connectivity index (χ0) is 13.3. The van der Waals surface area contributed by atoms with Gasteiger partial charge in [-0.05, 0) is 31.1 Å². The molecule has 0 saturated heterocycles. The van der Waals surface area contributed by atoms with Crippen molar-refractivity contribution in [1.29, 1.82) is 5.41 Å². The molecule has 0 aliphatic rings. The lowest BCUT2D eigenvalue weighted by Crippen LogP contribution is -1.99. The van der Waals surface area contributed by atoms with Gasteiger partial charge in [-0.2, -0.15) is 0 Å². The Morgan fingerprint density at radius 1 is 1.35 bits per heavy atom. The average molecular weight is 231 g/mol. The lowest BCUT2D eigenvalue weighted by Gasteiger charge is -2.08. The summed E-state index contributed by atoms with van der Waals surface area (Å²) in [7, 11) is 1.63. The molecule has 1 N–H and O–H groups in total. The number of rotatable bonds is 7. The number of hydrogen-bond acceptors (Lipinski definition) is 2. The molecule has 0 aliphatic heterocycles. The van der Waals surface area contributed by atoms with Crippen LogP contribution in [0, 0.1) is 5.41 Å². The van der Waals surface area contributed by atoms with E-state index in [0.717, 1.165) is 23.3 Å². The highest BCUT2D eigenvalue weighted by Crippen LogP contribution is 2.16. The van der Waals surface area contributed by atoms with Crippen LogP contribution >= 0.6 is 0 Å². The Labute approximate surface area is 104 Å². The van der Waals surface area contributed by atoms with E-state index in [1.54, 1.807) is 31.4 Å². The highest BCUT2D eigenvalue weighted by Gasteiger charge is 2.04. The van der Waals surface area contributed by atoms with E-state index in [0.29, 0.717) is 5.71 Å². The zero-order valence-corrected chi connectivity index (χ0v) is 10.9. The second kappa shape index (κ2) is 8.34. The van der Waals surface area contributed by atoms with Crippen molar-refractivity contribution in [3.05, 3.63) is 60.4 Å². The van der Waals surface area contributed by atoms with Gasteiger partial charge < -0.3 is 10.1 Å². The first kappa shape index (κ1) is 15.2. The van der Waals surface area contributed by atoms with Crippen molar-refractivity contribution in [3.63, 3.8) is 0 Å². The maximum Gasteiger partial charge on any atom is 0.0927 e. The lowest BCUT2D eigenvalue weighted by molar-refractivity contribution is 0.293. The van der Waals surface area contributed by atoms with Crippen LogP contribution in [-0.4, -0.2) is 12.8 Å². The van der Waals surface area contributed by atoms with E-state index >= 15 is 0 Å². The predicted molar refractivity (Wildman–Crippen MR) is 75.3 cm³/mol. The normalized spacial score (nSPS) is 13.2. The monoisotopic (exact) mass is 231 g/mol. The number of hydrogen-bond donors (Lipinski definition) is 1. The topological polar surface area (TPSA) is 33.1 Å². The Bertz CT molecular complexity index is 384. The molecule has 0 fully saturated rings. The van der Waals surface area contributed by atoms with Crippen LogP contribution < -0.4 is 0 Å². The van der Waals surface area contributed by atoms with Gasteiger partial charge in [0.15, 0.2) is 0 Å². The molecule has 0 aromatic heterocycles. The Morgan fingerprint density at radius 3 is 2.41 bits per heavy atom. The molecule has 0 aliphatic carbocycles. The van der Waals surface area contributed by atoms with E-state index in [4.69, 9.17) is 10.1 Å². The molecule has 2 nitrogen and oxygen atoms in total. The van der Waals surface area contributed by atoms with E-state index in [-0.39, 0.29) is 0 Å². The van der Waals surface area contributed by atoms with Gasteiger partial charge in [0, 0.05) is 5.57 Å². The van der Waals surface area contributed by atoms with Gasteiger partial charge in [0.05, 0.1) is 18.6 Å². The summed E-state index contributed by atoms with van der Waals surface area (Å²) in [5.74, 6) is 0.821. The van der Waals surface area contributed by atoms with Gasteiger partial charge in [-0.1, -0.05) is 38.3 Å². The molecule has 0 aromatic carbocycles. The molecular formula is C15H21NO. The molecule has 0 atom stereocenters. The minimum Gasteiger partial charge on any atom is -0.501 e. The quantitative estimate of drug-likeness (QED) is 0.398. The fraction of sp³-hybridized carbons (Fsp3) is 0.267. The number of nitrogens with one attached hydrogen (secondary N) is 1. The third-order valence-electron chi connectivity index (χ3n) is 2.32. The van der Waals surface area contributed by atoms with E-state index < -0.39 is 0 Å². The summed E-state index contributed by atoms with van der Waals surface area (Å²) in [5.41, 5.74) is 2.29. The predicted octanol–water partition coefficient (Wildman–Crippen LogP) is 4.19. The van der Waals surface area contributed by atoms with Crippen molar-refractivity contribution in [2.45, 2.75) is 20.3 Å². The molecule has 0 saturated carbocycles. The van der Waals surface area contributed by atoms with Crippen LogP contribution in [0.1, 0.15) is 20.3 Å². The molecular weight excluding hydrogens is 210 g/mol. The smallest absolute Gasteiger partial charge is 0.0927 e. The fourth-order valence-electron chi connectivity index (χ4n) is 1.34. The summed E-state index contributed by atoms with van der Waals surface area (Å²) < 4.78 is 5.13. The largest absolute Gasteiger partial charge is 0.501 e. The van der Waals surface area contributed by atoms with Gasteiger partial charge >= 0.3 is 0 Å². The van der Waals surface area contributed by atoms with Gasteiger partial charge in [0.2, 0.25) is 0 Å². The van der Waals surface area contributed by atoms with Crippen molar-refractivity contribution >= 4 is 5.71 Å². The summed E-state index contributed by atoms with van der Waals surface area (Å²) in [6, 6.07) is 0. The summed E-state index contributed by atoms with van der Waals surface area (Å²) in [5, 5.41) is 7.95. The van der Waals surface area contributed by atoms with Crippen molar-refractivity contribution < 1.29 is 4.74 Å². The Hall–Kier alpha value is -1.83. The highest BCUT2D eigenvalue weighted by atomic mass is 16.5. The lowest BCUT2D eigenvalue weighted by atomic mass is 10.00. The summed E-state index contributed by atoms with van der Waals surface area (Å²) in [6.07, 6.45) is 9.56. The maximum atomic E-state index is 7.95. The van der Waals surface area contributed by atoms with Crippen LogP contribution in [0.2, 0.25) is 0 Å². The van der Waals surface area contributed by atoms with Crippen molar-refractivity contribution in [1.82, 2.24) is 0 Å². The van der Waals surface area contributed by atoms with Crippen LogP contribution in [0.3, 0.4) is 0 Å². The Balaban J connectivity index is 5.39. The molecule has 92 valence electrons. The van der Waals surface area contributed by atoms with Crippen molar-refractivity contribution in [2.75, 3.05) is 7.11 Å². The molecule has 17 heavy (non-hydrogen) atoms. The molecule has 2 heteroatoms. The third kappa shape index (κ3) is 5.16. The minimum absolute atomic E-state index is 0.428. The van der Waals surface area contributed by atoms with E-state index in [9.17, 15) is 0 Å². The Kier molecular flexibility index (Phi) is 7.44. The Morgan fingerprint density at radius 2 is 2.00 bits per heavy atom. The zero-order valence-electron chi connectivity index (χ0n) is 10.9. The van der Waals surface area contributed by atoms with Crippen LogP contribution in [0.15, 0.2) is 60.4 Å². The SMILES string of the molecule is C=C/C=C\C(=N)/C(C=C)=C(/C=C(\C)OC)CC. The first-order valence-electron chi connectivity index (χ1n) is 5.56. The summed E-state index contributed by atoms with van der Waals surface area (Å²) in [6.45, 7) is 11.3. The first-order chi connectivity index (χ1) is 8.10. The molecule has 0 amide bonds. The van der Waals surface area contributed by atoms with Crippen LogP contribution in [0.5, 0.6) is 0 Å². The van der Waals surface area contributed by atoms with Crippen molar-refractivity contribution in [2.24, 2.45) is 0 Å². The molecule has 0 aromatic rings. The summed E-state index contributed by atoms with van der Waals surface area (Å²) >= 11 is 0. The average Bonchev–Trinajstić information content (AvgIpc) is 2.35. The molecule has 0 unspecified atom stereocenters. The van der Waals surface area contributed by atoms with Gasteiger partial charge in [-0.3, -0.25) is 0 Å². The van der Waals surface area contributed by atoms with Crippen LogP contribution in [0.4, 0.5) is 0 Å². The van der Waals surface area contributed by atoms with Gasteiger partial charge in [0.25, 0.3) is 0 Å². The van der Waals surface area contributed by atoms with Gasteiger partial charge in [0.1, 0.15) is 0 Å². The minimum atomic E-state index is 0.428. The maximum absolute atomic E-state index is 7.95. The number of methoxy groups -OCH3 is 1. The van der Waals surface area contributed by atoms with E-state index in [1.165, 1.54) is 0 Å².